The third-order valence-corrected chi connectivity index (χ3v) is 5.65. The number of benzene rings is 3. The molecule has 0 aliphatic carbocycles. The molecule has 2 aliphatic rings. The van der Waals surface area contributed by atoms with Crippen LogP contribution in [0.15, 0.2) is 72.8 Å². The number of nitrogens with one attached hydrogen (secondary N) is 1. The fraction of sp³-hybridized carbons (Fsp3) is 0.200. The molecule has 6 heteroatoms. The molecule has 1 N–H and O–H groups in total. The Kier molecular flexibility index (Phi) is 5.04. The number of hydrogen-bond donors (Lipinski definition) is 1. The zero-order valence-electron chi connectivity index (χ0n) is 16.9. The third kappa shape index (κ3) is 3.72. The first kappa shape index (κ1) is 19.2. The van der Waals surface area contributed by atoms with Gasteiger partial charge in [0, 0.05) is 18.7 Å². The van der Waals surface area contributed by atoms with Crippen LogP contribution in [0.2, 0.25) is 0 Å². The van der Waals surface area contributed by atoms with E-state index in [1.807, 2.05) is 66.7 Å². The van der Waals surface area contributed by atoms with Crippen molar-refractivity contribution >= 4 is 11.8 Å². The molecule has 3 aromatic rings. The molecule has 0 spiro atoms. The number of fused-ring (bicyclic) bond motifs is 2. The molecule has 6 nitrogen and oxygen atoms in total. The fourth-order valence-electron chi connectivity index (χ4n) is 4.12. The van der Waals surface area contributed by atoms with Gasteiger partial charge in [-0.2, -0.15) is 0 Å². The van der Waals surface area contributed by atoms with Crippen LogP contribution in [0.5, 0.6) is 11.5 Å². The highest BCUT2D eigenvalue weighted by Crippen LogP contribution is 2.37. The molecule has 1 atom stereocenters. The van der Waals surface area contributed by atoms with Crippen LogP contribution in [0.3, 0.4) is 0 Å². The van der Waals surface area contributed by atoms with Gasteiger partial charge in [-0.15, -0.1) is 0 Å². The van der Waals surface area contributed by atoms with Gasteiger partial charge in [0.05, 0.1) is 0 Å². The van der Waals surface area contributed by atoms with E-state index in [9.17, 15) is 9.59 Å². The number of ether oxygens (including phenoxy) is 2. The Balaban J connectivity index is 1.36. The minimum Gasteiger partial charge on any atom is -0.454 e. The topological polar surface area (TPSA) is 67.9 Å². The maximum atomic E-state index is 13.2. The van der Waals surface area contributed by atoms with Crippen molar-refractivity contribution in [2.24, 2.45) is 0 Å². The van der Waals surface area contributed by atoms with E-state index in [1.165, 1.54) is 0 Å². The average molecular weight is 414 g/mol. The summed E-state index contributed by atoms with van der Waals surface area (Å²) in [5.41, 5.74) is 3.35. The largest absolute Gasteiger partial charge is 0.454 e. The minimum atomic E-state index is -0.662. The number of carbonyl (C=O) groups excluding carboxylic acids is 2. The van der Waals surface area contributed by atoms with Crippen molar-refractivity contribution in [1.82, 2.24) is 10.2 Å². The number of hydrogen-bond acceptors (Lipinski definition) is 4. The van der Waals surface area contributed by atoms with Crippen molar-refractivity contribution in [2.45, 2.75) is 19.0 Å². The molecular formula is C25H22N2O4. The molecule has 31 heavy (non-hydrogen) atoms. The Morgan fingerprint density at radius 1 is 0.935 bits per heavy atom. The van der Waals surface area contributed by atoms with Gasteiger partial charge in [0.1, 0.15) is 6.04 Å². The van der Waals surface area contributed by atoms with E-state index in [0.29, 0.717) is 30.2 Å². The zero-order chi connectivity index (χ0) is 21.2. The molecule has 3 aromatic carbocycles. The Hall–Kier alpha value is -3.80. The minimum absolute atomic E-state index is 0.142. The van der Waals surface area contributed by atoms with Crippen molar-refractivity contribution in [1.29, 1.82) is 0 Å². The van der Waals surface area contributed by atoms with Crippen molar-refractivity contribution in [3.63, 3.8) is 0 Å². The molecule has 0 radical (unpaired) electrons. The predicted octanol–water partition coefficient (Wildman–Crippen LogP) is 3.47. The molecule has 0 fully saturated rings. The maximum Gasteiger partial charge on any atom is 0.255 e. The van der Waals surface area contributed by atoms with Gasteiger partial charge in [0.25, 0.3) is 5.91 Å². The Morgan fingerprint density at radius 2 is 1.71 bits per heavy atom. The zero-order valence-corrected chi connectivity index (χ0v) is 16.9. The van der Waals surface area contributed by atoms with Crippen LogP contribution < -0.4 is 14.8 Å². The molecule has 5 rings (SSSR count). The van der Waals surface area contributed by atoms with Crippen LogP contribution in [-0.4, -0.2) is 30.1 Å². The summed E-state index contributed by atoms with van der Waals surface area (Å²) in [5.74, 6) is 1.03. The first-order valence-corrected chi connectivity index (χ1v) is 10.3. The van der Waals surface area contributed by atoms with Crippen LogP contribution in [0, 0.1) is 0 Å². The van der Waals surface area contributed by atoms with Crippen molar-refractivity contribution in [3.8, 4) is 11.5 Å². The summed E-state index contributed by atoms with van der Waals surface area (Å²) in [6.07, 6.45) is 0.733. The molecule has 2 amide bonds. The summed E-state index contributed by atoms with van der Waals surface area (Å²) < 4.78 is 10.8. The first-order chi connectivity index (χ1) is 15.2. The van der Waals surface area contributed by atoms with Crippen LogP contribution in [0.1, 0.15) is 33.1 Å². The fourth-order valence-corrected chi connectivity index (χ4v) is 4.12. The summed E-state index contributed by atoms with van der Waals surface area (Å²) in [4.78, 5) is 27.9. The van der Waals surface area contributed by atoms with Gasteiger partial charge in [0.2, 0.25) is 12.7 Å². The van der Waals surface area contributed by atoms with Gasteiger partial charge < -0.3 is 19.7 Å². The second-order valence-corrected chi connectivity index (χ2v) is 7.64. The van der Waals surface area contributed by atoms with E-state index < -0.39 is 6.04 Å². The molecule has 0 unspecified atom stereocenters. The van der Waals surface area contributed by atoms with Crippen LogP contribution in [0.25, 0.3) is 0 Å². The molecule has 0 bridgehead atoms. The van der Waals surface area contributed by atoms with Gasteiger partial charge in [0.15, 0.2) is 11.5 Å². The number of rotatable bonds is 6. The van der Waals surface area contributed by atoms with Crippen molar-refractivity contribution in [2.75, 3.05) is 13.3 Å². The van der Waals surface area contributed by atoms with E-state index in [0.717, 1.165) is 23.1 Å². The van der Waals surface area contributed by atoms with Gasteiger partial charge >= 0.3 is 0 Å². The number of amides is 2. The van der Waals surface area contributed by atoms with Gasteiger partial charge in [-0.25, -0.2) is 0 Å². The van der Waals surface area contributed by atoms with Crippen LogP contribution >= 0.6 is 0 Å². The van der Waals surface area contributed by atoms with Gasteiger partial charge in [-0.1, -0.05) is 54.6 Å². The number of carbonyl (C=O) groups is 2. The Bertz CT molecular complexity index is 1130. The van der Waals surface area contributed by atoms with E-state index in [2.05, 4.69) is 5.32 Å². The lowest BCUT2D eigenvalue weighted by Crippen LogP contribution is -2.39. The molecule has 2 heterocycles. The van der Waals surface area contributed by atoms with Gasteiger partial charge in [-0.05, 0) is 41.3 Å². The summed E-state index contributed by atoms with van der Waals surface area (Å²) in [7, 11) is 0. The van der Waals surface area contributed by atoms with Crippen molar-refractivity contribution < 1.29 is 19.1 Å². The lowest BCUT2D eigenvalue weighted by atomic mass is 10.0. The molecule has 0 saturated carbocycles. The highest BCUT2D eigenvalue weighted by Gasteiger charge is 2.40. The van der Waals surface area contributed by atoms with Crippen LogP contribution in [0.4, 0.5) is 0 Å². The lowest BCUT2D eigenvalue weighted by molar-refractivity contribution is -0.125. The van der Waals surface area contributed by atoms with E-state index in [1.54, 1.807) is 11.0 Å². The smallest absolute Gasteiger partial charge is 0.255 e. The molecule has 156 valence electrons. The summed E-state index contributed by atoms with van der Waals surface area (Å²) in [6.45, 7) is 1.01. The quantitative estimate of drug-likeness (QED) is 0.671. The summed E-state index contributed by atoms with van der Waals surface area (Å²) >= 11 is 0. The second-order valence-electron chi connectivity index (χ2n) is 7.64. The third-order valence-electron chi connectivity index (χ3n) is 5.65. The number of nitrogens with zero attached hydrogens (tertiary/aromatic N) is 1. The Labute approximate surface area is 180 Å². The standard InChI is InChI=1S/C25H22N2O4/c28-24(26-13-12-17-6-2-1-3-7-17)23-19-8-4-5-9-20(19)25(29)27(23)15-18-10-11-21-22(14-18)31-16-30-21/h1-11,14,23H,12-13,15-16H2,(H,26,28)/t23-/m0/s1. The summed E-state index contributed by atoms with van der Waals surface area (Å²) in [5, 5.41) is 3.01. The van der Waals surface area contributed by atoms with Crippen LogP contribution in [-0.2, 0) is 17.8 Å². The monoisotopic (exact) mass is 414 g/mol. The first-order valence-electron chi connectivity index (χ1n) is 10.3. The normalized spacial score (nSPS) is 16.3. The molecule has 0 aromatic heterocycles. The van der Waals surface area contributed by atoms with E-state index in [4.69, 9.17) is 9.47 Å². The second kappa shape index (κ2) is 8.14. The molecular weight excluding hydrogens is 392 g/mol. The lowest BCUT2D eigenvalue weighted by Gasteiger charge is -2.25. The summed E-state index contributed by atoms with van der Waals surface area (Å²) in [6, 6.07) is 22.3. The average Bonchev–Trinajstić information content (AvgIpc) is 3.37. The highest BCUT2D eigenvalue weighted by atomic mass is 16.7. The molecule has 0 saturated heterocycles. The van der Waals surface area contributed by atoms with E-state index in [-0.39, 0.29) is 18.6 Å². The van der Waals surface area contributed by atoms with Gasteiger partial charge in [-0.3, -0.25) is 9.59 Å². The highest BCUT2D eigenvalue weighted by molar-refractivity contribution is 6.04. The van der Waals surface area contributed by atoms with Crippen molar-refractivity contribution in [3.05, 3.63) is 95.1 Å². The SMILES string of the molecule is O=C(NCCc1ccccc1)[C@@H]1c2ccccc2C(=O)N1Cc1ccc2c(c1)OCO2. The Morgan fingerprint density at radius 3 is 2.58 bits per heavy atom. The van der Waals surface area contributed by atoms with E-state index >= 15 is 0 Å². The predicted molar refractivity (Wildman–Crippen MR) is 115 cm³/mol. The maximum absolute atomic E-state index is 13.2. The molecule has 2 aliphatic heterocycles.